The minimum absolute atomic E-state index is 0.0409. The van der Waals surface area contributed by atoms with Crippen LogP contribution in [0.4, 0.5) is 0 Å². The standard InChI is InChI=1S/C19H24N2O2/c1-20-19(23)17-13-15-9-5-6-10-16(15)21(17)18(22)12-11-14-7-3-2-4-8-14/h2-4,7-8,11-12,15-17H,5-6,9-10,13H2,1H3,(H,20,23). The predicted octanol–water partition coefficient (Wildman–Crippen LogP) is 2.61. The molecule has 0 spiro atoms. The van der Waals surface area contributed by atoms with Crippen molar-refractivity contribution < 1.29 is 9.59 Å². The lowest BCUT2D eigenvalue weighted by Gasteiger charge is -2.32. The molecule has 2 aliphatic rings. The van der Waals surface area contributed by atoms with E-state index in [1.54, 1.807) is 13.1 Å². The lowest BCUT2D eigenvalue weighted by Crippen LogP contribution is -2.48. The van der Waals surface area contributed by atoms with E-state index >= 15 is 0 Å². The van der Waals surface area contributed by atoms with E-state index in [0.717, 1.165) is 31.2 Å². The summed E-state index contributed by atoms with van der Waals surface area (Å²) in [6.07, 6.45) is 8.75. The molecule has 3 atom stereocenters. The number of carbonyl (C=O) groups excluding carboxylic acids is 2. The first-order chi connectivity index (χ1) is 11.2. The predicted molar refractivity (Wildman–Crippen MR) is 90.5 cm³/mol. The quantitative estimate of drug-likeness (QED) is 0.872. The lowest BCUT2D eigenvalue weighted by molar-refractivity contribution is -0.136. The molecule has 1 aromatic rings. The Hall–Kier alpha value is -2.10. The zero-order chi connectivity index (χ0) is 16.2. The van der Waals surface area contributed by atoms with Gasteiger partial charge in [-0.2, -0.15) is 0 Å². The Morgan fingerprint density at radius 2 is 1.91 bits per heavy atom. The summed E-state index contributed by atoms with van der Waals surface area (Å²) >= 11 is 0. The first kappa shape index (κ1) is 15.8. The molecule has 0 radical (unpaired) electrons. The number of likely N-dealkylation sites (tertiary alicyclic amines) is 1. The van der Waals surface area contributed by atoms with E-state index in [2.05, 4.69) is 5.32 Å². The number of carbonyl (C=O) groups is 2. The highest BCUT2D eigenvalue weighted by Crippen LogP contribution is 2.39. The van der Waals surface area contributed by atoms with Gasteiger partial charge < -0.3 is 10.2 Å². The molecule has 4 nitrogen and oxygen atoms in total. The summed E-state index contributed by atoms with van der Waals surface area (Å²) in [5, 5.41) is 2.72. The highest BCUT2D eigenvalue weighted by Gasteiger charge is 2.46. The van der Waals surface area contributed by atoms with Crippen molar-refractivity contribution in [2.24, 2.45) is 5.92 Å². The second-order valence-electron chi connectivity index (χ2n) is 6.47. The molecule has 0 aromatic heterocycles. The maximum Gasteiger partial charge on any atom is 0.247 e. The maximum atomic E-state index is 12.8. The molecule has 1 saturated carbocycles. The molecule has 1 aliphatic heterocycles. The fourth-order valence-corrected chi connectivity index (χ4v) is 4.00. The Balaban J connectivity index is 1.80. The SMILES string of the molecule is CNC(=O)C1CC2CCCCC2N1C(=O)C=Cc1ccccc1. The van der Waals surface area contributed by atoms with E-state index in [9.17, 15) is 9.59 Å². The fraction of sp³-hybridized carbons (Fsp3) is 0.474. The van der Waals surface area contributed by atoms with Crippen molar-refractivity contribution in [2.45, 2.75) is 44.2 Å². The second-order valence-corrected chi connectivity index (χ2v) is 6.47. The van der Waals surface area contributed by atoms with Gasteiger partial charge in [-0.15, -0.1) is 0 Å². The van der Waals surface area contributed by atoms with Crippen molar-refractivity contribution in [3.05, 3.63) is 42.0 Å². The highest BCUT2D eigenvalue weighted by atomic mass is 16.2. The Morgan fingerprint density at radius 3 is 2.65 bits per heavy atom. The third-order valence-electron chi connectivity index (χ3n) is 5.11. The van der Waals surface area contributed by atoms with Gasteiger partial charge in [0.15, 0.2) is 0 Å². The van der Waals surface area contributed by atoms with Crippen LogP contribution < -0.4 is 5.32 Å². The molecule has 4 heteroatoms. The van der Waals surface area contributed by atoms with Gasteiger partial charge in [-0.3, -0.25) is 9.59 Å². The molecule has 2 amide bonds. The van der Waals surface area contributed by atoms with Crippen LogP contribution in [0.15, 0.2) is 36.4 Å². The fourth-order valence-electron chi connectivity index (χ4n) is 4.00. The normalized spacial score (nSPS) is 27.0. The highest BCUT2D eigenvalue weighted by molar-refractivity contribution is 5.96. The van der Waals surface area contributed by atoms with Crippen molar-refractivity contribution in [1.29, 1.82) is 0 Å². The average molecular weight is 312 g/mol. The minimum atomic E-state index is -0.318. The molecule has 3 unspecified atom stereocenters. The summed E-state index contributed by atoms with van der Waals surface area (Å²) in [5.74, 6) is 0.387. The maximum absolute atomic E-state index is 12.8. The van der Waals surface area contributed by atoms with Gasteiger partial charge in [-0.05, 0) is 36.8 Å². The number of nitrogens with zero attached hydrogens (tertiary/aromatic N) is 1. The van der Waals surface area contributed by atoms with Gasteiger partial charge >= 0.3 is 0 Å². The van der Waals surface area contributed by atoms with E-state index in [0.29, 0.717) is 5.92 Å². The van der Waals surface area contributed by atoms with E-state index in [1.807, 2.05) is 41.3 Å². The van der Waals surface area contributed by atoms with Crippen LogP contribution in [0.5, 0.6) is 0 Å². The third kappa shape index (κ3) is 3.31. The topological polar surface area (TPSA) is 49.4 Å². The number of likely N-dealkylation sites (N-methyl/N-ethyl adjacent to an activating group) is 1. The molecule has 2 fully saturated rings. The molecule has 0 bridgehead atoms. The van der Waals surface area contributed by atoms with Gasteiger partial charge in [-0.25, -0.2) is 0 Å². The molecule has 23 heavy (non-hydrogen) atoms. The van der Waals surface area contributed by atoms with E-state index in [1.165, 1.54) is 6.42 Å². The van der Waals surface area contributed by atoms with Crippen LogP contribution in [0.3, 0.4) is 0 Å². The monoisotopic (exact) mass is 312 g/mol. The Labute approximate surface area is 137 Å². The van der Waals surface area contributed by atoms with Gasteiger partial charge in [0.05, 0.1) is 0 Å². The Morgan fingerprint density at radius 1 is 1.17 bits per heavy atom. The van der Waals surface area contributed by atoms with Crippen molar-refractivity contribution in [2.75, 3.05) is 7.05 Å². The molecule has 1 aliphatic carbocycles. The molecule has 1 aromatic carbocycles. The number of fused-ring (bicyclic) bond motifs is 1. The second kappa shape index (κ2) is 6.99. The first-order valence-corrected chi connectivity index (χ1v) is 8.47. The summed E-state index contributed by atoms with van der Waals surface area (Å²) in [7, 11) is 1.65. The summed E-state index contributed by atoms with van der Waals surface area (Å²) in [5.41, 5.74) is 0.997. The van der Waals surface area contributed by atoms with Gasteiger partial charge in [0, 0.05) is 19.2 Å². The average Bonchev–Trinajstić information content (AvgIpc) is 2.99. The summed E-state index contributed by atoms with van der Waals surface area (Å²) < 4.78 is 0. The number of hydrogen-bond donors (Lipinski definition) is 1. The van der Waals surface area contributed by atoms with Crippen molar-refractivity contribution >= 4 is 17.9 Å². The van der Waals surface area contributed by atoms with Gasteiger partial charge in [0.2, 0.25) is 11.8 Å². The van der Waals surface area contributed by atoms with Crippen LogP contribution in [0.25, 0.3) is 6.08 Å². The molecular formula is C19H24N2O2. The summed E-state index contributed by atoms with van der Waals surface area (Å²) in [4.78, 5) is 26.8. The lowest BCUT2D eigenvalue weighted by atomic mass is 9.84. The number of amides is 2. The van der Waals surface area contributed by atoms with Crippen LogP contribution in [0.1, 0.15) is 37.7 Å². The Kier molecular flexibility index (Phi) is 4.79. The number of rotatable bonds is 3. The van der Waals surface area contributed by atoms with Crippen LogP contribution in [0, 0.1) is 5.92 Å². The molecule has 3 rings (SSSR count). The zero-order valence-corrected chi connectivity index (χ0v) is 13.6. The molecule has 122 valence electrons. The van der Waals surface area contributed by atoms with Crippen LogP contribution >= 0.6 is 0 Å². The van der Waals surface area contributed by atoms with Crippen molar-refractivity contribution in [3.8, 4) is 0 Å². The first-order valence-electron chi connectivity index (χ1n) is 8.47. The van der Waals surface area contributed by atoms with Crippen LogP contribution in [-0.4, -0.2) is 35.8 Å². The van der Waals surface area contributed by atoms with Gasteiger partial charge in [-0.1, -0.05) is 43.2 Å². The zero-order valence-electron chi connectivity index (χ0n) is 13.6. The number of hydrogen-bond acceptors (Lipinski definition) is 2. The summed E-state index contributed by atoms with van der Waals surface area (Å²) in [6, 6.07) is 9.68. The van der Waals surface area contributed by atoms with Crippen LogP contribution in [-0.2, 0) is 9.59 Å². The number of nitrogens with one attached hydrogen (secondary N) is 1. The summed E-state index contributed by atoms with van der Waals surface area (Å²) in [6.45, 7) is 0. The van der Waals surface area contributed by atoms with E-state index < -0.39 is 0 Å². The van der Waals surface area contributed by atoms with Crippen molar-refractivity contribution in [3.63, 3.8) is 0 Å². The van der Waals surface area contributed by atoms with Gasteiger partial charge in [0.25, 0.3) is 0 Å². The van der Waals surface area contributed by atoms with Gasteiger partial charge in [0.1, 0.15) is 6.04 Å². The molecule has 1 saturated heterocycles. The smallest absolute Gasteiger partial charge is 0.247 e. The Bertz CT molecular complexity index is 597. The van der Waals surface area contributed by atoms with Crippen LogP contribution in [0.2, 0.25) is 0 Å². The third-order valence-corrected chi connectivity index (χ3v) is 5.11. The van der Waals surface area contributed by atoms with E-state index in [4.69, 9.17) is 0 Å². The largest absolute Gasteiger partial charge is 0.357 e. The van der Waals surface area contributed by atoms with Crippen molar-refractivity contribution in [1.82, 2.24) is 10.2 Å². The number of benzene rings is 1. The molecule has 1 heterocycles. The van der Waals surface area contributed by atoms with E-state index in [-0.39, 0.29) is 23.9 Å². The molecular weight excluding hydrogens is 288 g/mol. The molecule has 1 N–H and O–H groups in total. The minimum Gasteiger partial charge on any atom is -0.357 e.